The normalized spacial score (nSPS) is 16.6. The highest BCUT2D eigenvalue weighted by molar-refractivity contribution is 5.95. The van der Waals surface area contributed by atoms with E-state index in [1.165, 1.54) is 16.8 Å². The van der Waals surface area contributed by atoms with E-state index in [1.807, 2.05) is 6.92 Å². The molecule has 0 bridgehead atoms. The zero-order valence-electron chi connectivity index (χ0n) is 11.2. The molecular formula is C14H13F2N3O2. The van der Waals surface area contributed by atoms with E-state index in [9.17, 15) is 18.7 Å². The molecule has 110 valence electrons. The average molecular weight is 293 g/mol. The van der Waals surface area contributed by atoms with Crippen molar-refractivity contribution in [3.8, 4) is 0 Å². The molecule has 2 N–H and O–H groups in total. The Balaban J connectivity index is 1.96. The van der Waals surface area contributed by atoms with E-state index in [1.54, 1.807) is 0 Å². The van der Waals surface area contributed by atoms with Gasteiger partial charge in [0, 0.05) is 6.07 Å². The second kappa shape index (κ2) is 4.83. The van der Waals surface area contributed by atoms with Crippen molar-refractivity contribution in [2.24, 2.45) is 0 Å². The number of halogens is 2. The van der Waals surface area contributed by atoms with Gasteiger partial charge in [0.1, 0.15) is 23.0 Å². The van der Waals surface area contributed by atoms with E-state index in [0.717, 1.165) is 6.07 Å². The van der Waals surface area contributed by atoms with E-state index < -0.39 is 23.6 Å². The highest BCUT2D eigenvalue weighted by Crippen LogP contribution is 2.33. The van der Waals surface area contributed by atoms with Gasteiger partial charge in [-0.25, -0.2) is 18.3 Å². The van der Waals surface area contributed by atoms with Crippen LogP contribution in [0.15, 0.2) is 18.2 Å². The number of aromatic nitrogens is 2. The average Bonchev–Trinajstić information content (AvgIpc) is 2.93. The molecule has 0 unspecified atom stereocenters. The molecule has 21 heavy (non-hydrogen) atoms. The molecule has 1 aliphatic heterocycles. The summed E-state index contributed by atoms with van der Waals surface area (Å²) in [5.74, 6) is -2.01. The standard InChI is InChI=1S/C14H13F2N3O2/c1-2-10-12(14(20)21)13-17-11(6-19(13)18-10)7-3-8(15)5-9(16)4-7/h3-5,11,17H,2,6H2,1H3,(H,20,21)/t11-/m0/s1. The Labute approximate surface area is 119 Å². The molecule has 0 saturated heterocycles. The van der Waals surface area contributed by atoms with Gasteiger partial charge in [0.2, 0.25) is 0 Å². The number of nitrogens with one attached hydrogen (secondary N) is 1. The number of carboxylic acids is 1. The Morgan fingerprint density at radius 2 is 2.10 bits per heavy atom. The van der Waals surface area contributed by atoms with Crippen LogP contribution < -0.4 is 5.32 Å². The lowest BCUT2D eigenvalue weighted by molar-refractivity contribution is 0.0697. The molecule has 5 nitrogen and oxygen atoms in total. The number of aromatic carboxylic acids is 1. The van der Waals surface area contributed by atoms with Crippen LogP contribution in [0, 0.1) is 11.6 Å². The fraction of sp³-hybridized carbons (Fsp3) is 0.286. The number of hydrogen-bond acceptors (Lipinski definition) is 3. The molecule has 1 atom stereocenters. The second-order valence-corrected chi connectivity index (χ2v) is 4.91. The molecule has 1 aromatic heterocycles. The fourth-order valence-electron chi connectivity index (χ4n) is 2.61. The van der Waals surface area contributed by atoms with E-state index in [2.05, 4.69) is 10.4 Å². The van der Waals surface area contributed by atoms with Gasteiger partial charge in [0.15, 0.2) is 0 Å². The molecule has 0 spiro atoms. The van der Waals surface area contributed by atoms with Gasteiger partial charge in [-0.3, -0.25) is 0 Å². The van der Waals surface area contributed by atoms with Gasteiger partial charge in [-0.2, -0.15) is 5.10 Å². The van der Waals surface area contributed by atoms with Crippen molar-refractivity contribution in [1.82, 2.24) is 9.78 Å². The molecular weight excluding hydrogens is 280 g/mol. The van der Waals surface area contributed by atoms with Crippen LogP contribution in [-0.2, 0) is 13.0 Å². The summed E-state index contributed by atoms with van der Waals surface area (Å²) in [6.07, 6.45) is 0.503. The third-order valence-corrected chi connectivity index (χ3v) is 3.53. The first-order chi connectivity index (χ1) is 9.99. The van der Waals surface area contributed by atoms with Crippen LogP contribution >= 0.6 is 0 Å². The topological polar surface area (TPSA) is 67.2 Å². The smallest absolute Gasteiger partial charge is 0.341 e. The third kappa shape index (κ3) is 2.24. The van der Waals surface area contributed by atoms with E-state index in [-0.39, 0.29) is 5.56 Å². The van der Waals surface area contributed by atoms with Crippen LogP contribution in [0.25, 0.3) is 0 Å². The number of benzene rings is 1. The molecule has 0 radical (unpaired) electrons. The number of hydrogen-bond donors (Lipinski definition) is 2. The van der Waals surface area contributed by atoms with Gasteiger partial charge in [-0.1, -0.05) is 6.92 Å². The molecule has 2 heterocycles. The molecule has 2 aromatic rings. The summed E-state index contributed by atoms with van der Waals surface area (Å²) in [6, 6.07) is 2.86. The summed E-state index contributed by atoms with van der Waals surface area (Å²) in [7, 11) is 0. The summed E-state index contributed by atoms with van der Waals surface area (Å²) >= 11 is 0. The van der Waals surface area contributed by atoms with Gasteiger partial charge in [0.05, 0.1) is 18.3 Å². The van der Waals surface area contributed by atoms with E-state index in [4.69, 9.17) is 0 Å². The van der Waals surface area contributed by atoms with Gasteiger partial charge >= 0.3 is 5.97 Å². The number of anilines is 1. The summed E-state index contributed by atoms with van der Waals surface area (Å²) in [6.45, 7) is 2.16. The summed E-state index contributed by atoms with van der Waals surface area (Å²) in [5.41, 5.74) is 1.04. The minimum Gasteiger partial charge on any atom is -0.477 e. The van der Waals surface area contributed by atoms with Gasteiger partial charge in [-0.05, 0) is 24.1 Å². The predicted molar refractivity (Wildman–Crippen MR) is 71.3 cm³/mol. The first-order valence-electron chi connectivity index (χ1n) is 6.55. The Morgan fingerprint density at radius 3 is 2.67 bits per heavy atom. The maximum Gasteiger partial charge on any atom is 0.341 e. The van der Waals surface area contributed by atoms with Crippen LogP contribution in [0.5, 0.6) is 0 Å². The van der Waals surface area contributed by atoms with Crippen molar-refractivity contribution in [3.63, 3.8) is 0 Å². The number of carbonyl (C=O) groups is 1. The zero-order valence-corrected chi connectivity index (χ0v) is 11.2. The van der Waals surface area contributed by atoms with Crippen molar-refractivity contribution in [2.45, 2.75) is 25.9 Å². The lowest BCUT2D eigenvalue weighted by Crippen LogP contribution is -2.11. The minimum atomic E-state index is -1.06. The van der Waals surface area contributed by atoms with Crippen LogP contribution in [0.3, 0.4) is 0 Å². The van der Waals surface area contributed by atoms with E-state index >= 15 is 0 Å². The molecule has 0 saturated carbocycles. The first kappa shape index (κ1) is 13.5. The molecule has 0 aliphatic carbocycles. The SMILES string of the molecule is CCc1nn2c(c1C(=O)O)N[C@H](c1cc(F)cc(F)c1)C2. The molecule has 0 fully saturated rings. The second-order valence-electron chi connectivity index (χ2n) is 4.91. The van der Waals surface area contributed by atoms with Gasteiger partial charge in [0.25, 0.3) is 0 Å². The highest BCUT2D eigenvalue weighted by atomic mass is 19.1. The first-order valence-corrected chi connectivity index (χ1v) is 6.55. The number of fused-ring (bicyclic) bond motifs is 1. The minimum absolute atomic E-state index is 0.122. The largest absolute Gasteiger partial charge is 0.477 e. The van der Waals surface area contributed by atoms with Crippen molar-refractivity contribution < 1.29 is 18.7 Å². The monoisotopic (exact) mass is 293 g/mol. The predicted octanol–water partition coefficient (Wildman–Crippen LogP) is 2.59. The summed E-state index contributed by atoms with van der Waals surface area (Å²) in [5, 5.41) is 16.5. The summed E-state index contributed by atoms with van der Waals surface area (Å²) in [4.78, 5) is 11.3. The molecule has 3 rings (SSSR count). The number of aryl methyl sites for hydroxylation is 1. The highest BCUT2D eigenvalue weighted by Gasteiger charge is 2.31. The maximum atomic E-state index is 13.3. The van der Waals surface area contributed by atoms with Crippen molar-refractivity contribution in [3.05, 3.63) is 46.7 Å². The van der Waals surface area contributed by atoms with Crippen molar-refractivity contribution in [2.75, 3.05) is 5.32 Å². The maximum absolute atomic E-state index is 13.3. The van der Waals surface area contributed by atoms with Gasteiger partial charge in [-0.15, -0.1) is 0 Å². The zero-order chi connectivity index (χ0) is 15.1. The Morgan fingerprint density at radius 1 is 1.43 bits per heavy atom. The van der Waals surface area contributed by atoms with Crippen LogP contribution in [-0.4, -0.2) is 20.9 Å². The number of carboxylic acid groups (broad SMARTS) is 1. The van der Waals surface area contributed by atoms with Crippen LogP contribution in [0.4, 0.5) is 14.6 Å². The quantitative estimate of drug-likeness (QED) is 0.912. The summed E-state index contributed by atoms with van der Waals surface area (Å²) < 4.78 is 28.1. The van der Waals surface area contributed by atoms with Crippen LogP contribution in [0.1, 0.15) is 34.6 Å². The molecule has 7 heteroatoms. The Bertz CT molecular complexity index is 707. The Kier molecular flexibility index (Phi) is 3.12. The number of nitrogens with zero attached hydrogens (tertiary/aromatic N) is 2. The number of rotatable bonds is 3. The lowest BCUT2D eigenvalue weighted by atomic mass is 10.1. The molecule has 1 aromatic carbocycles. The van der Waals surface area contributed by atoms with Gasteiger partial charge < -0.3 is 10.4 Å². The fourth-order valence-corrected chi connectivity index (χ4v) is 2.61. The van der Waals surface area contributed by atoms with Crippen molar-refractivity contribution in [1.29, 1.82) is 0 Å². The Hall–Kier alpha value is -2.44. The van der Waals surface area contributed by atoms with Crippen molar-refractivity contribution >= 4 is 11.8 Å². The molecule has 1 aliphatic rings. The van der Waals surface area contributed by atoms with E-state index in [0.29, 0.717) is 30.0 Å². The third-order valence-electron chi connectivity index (χ3n) is 3.53. The lowest BCUT2D eigenvalue weighted by Gasteiger charge is -2.12. The van der Waals surface area contributed by atoms with Crippen LogP contribution in [0.2, 0.25) is 0 Å². The molecule has 0 amide bonds.